The molecule has 0 aromatic heterocycles. The zero-order valence-corrected chi connectivity index (χ0v) is 11.7. The summed E-state index contributed by atoms with van der Waals surface area (Å²) in [5, 5.41) is 0. The highest BCUT2D eigenvalue weighted by Gasteiger charge is 2.37. The summed E-state index contributed by atoms with van der Waals surface area (Å²) in [6.45, 7) is 7.08. The molecule has 2 atom stereocenters. The third-order valence-corrected chi connectivity index (χ3v) is 5.07. The molecule has 5 nitrogen and oxygen atoms in total. The van der Waals surface area contributed by atoms with Gasteiger partial charge in [-0.2, -0.15) is 4.31 Å². The second-order valence-electron chi connectivity index (χ2n) is 4.92. The van der Waals surface area contributed by atoms with E-state index >= 15 is 0 Å². The summed E-state index contributed by atoms with van der Waals surface area (Å²) in [6, 6.07) is -0.0425. The van der Waals surface area contributed by atoms with Crippen LogP contribution in [0.1, 0.15) is 27.2 Å². The summed E-state index contributed by atoms with van der Waals surface area (Å²) in [4.78, 5) is 0. The van der Waals surface area contributed by atoms with Crippen LogP contribution in [0, 0.1) is 5.92 Å². The Bertz CT molecular complexity index is 330. The molecule has 1 fully saturated rings. The van der Waals surface area contributed by atoms with Crippen LogP contribution in [-0.2, 0) is 14.8 Å². The lowest BCUT2D eigenvalue weighted by atomic mass is 10.0. The largest absolute Gasteiger partial charge is 0.378 e. The van der Waals surface area contributed by atoms with E-state index in [0.29, 0.717) is 19.0 Å². The van der Waals surface area contributed by atoms with Gasteiger partial charge in [-0.3, -0.25) is 0 Å². The summed E-state index contributed by atoms with van der Waals surface area (Å²) >= 11 is 0. The third kappa shape index (κ3) is 3.91. The Hall–Kier alpha value is -0.170. The Morgan fingerprint density at radius 3 is 2.65 bits per heavy atom. The van der Waals surface area contributed by atoms with Crippen LogP contribution in [0.2, 0.25) is 0 Å². The van der Waals surface area contributed by atoms with E-state index < -0.39 is 10.0 Å². The first-order valence-corrected chi connectivity index (χ1v) is 7.80. The molecule has 2 N–H and O–H groups in total. The van der Waals surface area contributed by atoms with E-state index in [1.54, 1.807) is 4.31 Å². The number of hydrogen-bond acceptors (Lipinski definition) is 4. The van der Waals surface area contributed by atoms with Gasteiger partial charge >= 0.3 is 0 Å². The van der Waals surface area contributed by atoms with Gasteiger partial charge in [0.2, 0.25) is 10.0 Å². The van der Waals surface area contributed by atoms with Gasteiger partial charge < -0.3 is 10.5 Å². The van der Waals surface area contributed by atoms with E-state index in [-0.39, 0.29) is 24.5 Å². The van der Waals surface area contributed by atoms with Crippen LogP contribution in [-0.4, -0.2) is 50.3 Å². The number of nitrogens with zero attached hydrogens (tertiary/aromatic N) is 1. The summed E-state index contributed by atoms with van der Waals surface area (Å²) in [7, 11) is -3.22. The lowest BCUT2D eigenvalue weighted by Gasteiger charge is -2.25. The van der Waals surface area contributed by atoms with Crippen molar-refractivity contribution in [3.8, 4) is 0 Å². The van der Waals surface area contributed by atoms with Gasteiger partial charge in [-0.1, -0.05) is 6.92 Å². The van der Waals surface area contributed by atoms with Crippen LogP contribution in [0.5, 0.6) is 0 Å². The van der Waals surface area contributed by atoms with Gasteiger partial charge in [-0.05, 0) is 26.2 Å². The molecule has 0 saturated carbocycles. The van der Waals surface area contributed by atoms with Crippen molar-refractivity contribution in [3.63, 3.8) is 0 Å². The van der Waals surface area contributed by atoms with Crippen molar-refractivity contribution in [2.24, 2.45) is 11.7 Å². The van der Waals surface area contributed by atoms with Gasteiger partial charge in [0.25, 0.3) is 0 Å². The number of rotatable bonds is 6. The van der Waals surface area contributed by atoms with Gasteiger partial charge in [0.15, 0.2) is 0 Å². The Morgan fingerprint density at radius 2 is 2.12 bits per heavy atom. The molecular weight excluding hydrogens is 240 g/mol. The molecule has 6 heteroatoms. The van der Waals surface area contributed by atoms with Crippen LogP contribution < -0.4 is 5.73 Å². The minimum absolute atomic E-state index is 0.0425. The maximum atomic E-state index is 12.1. The normalized spacial score (nSPS) is 26.9. The number of nitrogens with two attached hydrogens (primary N) is 1. The SMILES string of the molecule is CC(C)OCCS(=O)(=O)N1CCC(C)C1CN. The molecule has 0 aromatic rings. The minimum atomic E-state index is -3.22. The summed E-state index contributed by atoms with van der Waals surface area (Å²) in [5.41, 5.74) is 5.65. The quantitative estimate of drug-likeness (QED) is 0.754. The molecule has 0 radical (unpaired) electrons. The zero-order valence-electron chi connectivity index (χ0n) is 10.9. The van der Waals surface area contributed by atoms with Crippen LogP contribution in [0.15, 0.2) is 0 Å². The van der Waals surface area contributed by atoms with Gasteiger partial charge in [0.1, 0.15) is 0 Å². The highest BCUT2D eigenvalue weighted by atomic mass is 32.2. The minimum Gasteiger partial charge on any atom is -0.378 e. The van der Waals surface area contributed by atoms with E-state index in [2.05, 4.69) is 6.92 Å². The van der Waals surface area contributed by atoms with Crippen LogP contribution >= 0.6 is 0 Å². The molecule has 0 spiro atoms. The van der Waals surface area contributed by atoms with E-state index in [0.717, 1.165) is 6.42 Å². The number of ether oxygens (including phenoxy) is 1. The van der Waals surface area contributed by atoms with Crippen molar-refractivity contribution in [1.82, 2.24) is 4.31 Å². The van der Waals surface area contributed by atoms with Crippen molar-refractivity contribution < 1.29 is 13.2 Å². The number of sulfonamides is 1. The summed E-state index contributed by atoms with van der Waals surface area (Å²) < 4.78 is 31.1. The third-order valence-electron chi connectivity index (χ3n) is 3.22. The molecule has 102 valence electrons. The smallest absolute Gasteiger partial charge is 0.216 e. The van der Waals surface area contributed by atoms with Crippen LogP contribution in [0.4, 0.5) is 0 Å². The van der Waals surface area contributed by atoms with Gasteiger partial charge in [-0.25, -0.2) is 8.42 Å². The van der Waals surface area contributed by atoms with E-state index in [1.807, 2.05) is 13.8 Å². The van der Waals surface area contributed by atoms with Crippen LogP contribution in [0.25, 0.3) is 0 Å². The molecule has 1 rings (SSSR count). The molecule has 0 amide bonds. The highest BCUT2D eigenvalue weighted by molar-refractivity contribution is 7.89. The predicted octanol–water partition coefficient (Wildman–Crippen LogP) is 0.410. The molecule has 1 heterocycles. The Kier molecular flexibility index (Phi) is 5.37. The average molecular weight is 264 g/mol. The monoisotopic (exact) mass is 264 g/mol. The van der Waals surface area contributed by atoms with Crippen molar-refractivity contribution in [2.75, 3.05) is 25.4 Å². The molecule has 0 bridgehead atoms. The van der Waals surface area contributed by atoms with Gasteiger partial charge in [-0.15, -0.1) is 0 Å². The topological polar surface area (TPSA) is 72.6 Å². The molecule has 0 aromatic carbocycles. The lowest BCUT2D eigenvalue weighted by Crippen LogP contribution is -2.43. The Balaban J connectivity index is 2.58. The molecular formula is C11H24N2O3S. The Morgan fingerprint density at radius 1 is 1.47 bits per heavy atom. The van der Waals surface area contributed by atoms with Crippen molar-refractivity contribution in [2.45, 2.75) is 39.3 Å². The molecule has 2 unspecified atom stereocenters. The lowest BCUT2D eigenvalue weighted by molar-refractivity contribution is 0.0906. The molecule has 17 heavy (non-hydrogen) atoms. The van der Waals surface area contributed by atoms with E-state index in [9.17, 15) is 8.42 Å². The van der Waals surface area contributed by atoms with Crippen LogP contribution in [0.3, 0.4) is 0 Å². The second-order valence-corrected chi connectivity index (χ2v) is 6.96. The molecule has 1 aliphatic heterocycles. The summed E-state index contributed by atoms with van der Waals surface area (Å²) in [5.74, 6) is 0.398. The first kappa shape index (κ1) is 14.9. The standard InChI is InChI=1S/C11H24N2O3S/c1-9(2)16-6-7-17(14,15)13-5-4-10(3)11(13)8-12/h9-11H,4-8,12H2,1-3H3. The summed E-state index contributed by atoms with van der Waals surface area (Å²) in [6.07, 6.45) is 0.958. The fourth-order valence-corrected chi connectivity index (χ4v) is 3.81. The van der Waals surface area contributed by atoms with Crippen molar-refractivity contribution in [1.29, 1.82) is 0 Å². The zero-order chi connectivity index (χ0) is 13.1. The molecule has 0 aliphatic carbocycles. The Labute approximate surface area is 104 Å². The van der Waals surface area contributed by atoms with Gasteiger partial charge in [0.05, 0.1) is 18.5 Å². The maximum Gasteiger partial charge on any atom is 0.216 e. The maximum absolute atomic E-state index is 12.1. The van der Waals surface area contributed by atoms with E-state index in [1.165, 1.54) is 0 Å². The first-order chi connectivity index (χ1) is 7.88. The first-order valence-electron chi connectivity index (χ1n) is 6.19. The highest BCUT2D eigenvalue weighted by Crippen LogP contribution is 2.26. The predicted molar refractivity (Wildman–Crippen MR) is 68.2 cm³/mol. The average Bonchev–Trinajstić information content (AvgIpc) is 2.59. The van der Waals surface area contributed by atoms with Crippen molar-refractivity contribution >= 4 is 10.0 Å². The molecule has 1 saturated heterocycles. The fraction of sp³-hybridized carbons (Fsp3) is 1.00. The van der Waals surface area contributed by atoms with Gasteiger partial charge in [0, 0.05) is 19.1 Å². The fourth-order valence-electron chi connectivity index (χ4n) is 2.17. The number of hydrogen-bond donors (Lipinski definition) is 1. The molecule has 1 aliphatic rings. The second kappa shape index (κ2) is 6.13. The van der Waals surface area contributed by atoms with Crippen molar-refractivity contribution in [3.05, 3.63) is 0 Å². The van der Waals surface area contributed by atoms with E-state index in [4.69, 9.17) is 10.5 Å².